The lowest BCUT2D eigenvalue weighted by Gasteiger charge is -2.14. The number of hydrogen-bond acceptors (Lipinski definition) is 3. The molecule has 1 unspecified atom stereocenters. The van der Waals surface area contributed by atoms with Gasteiger partial charge in [0.05, 0.1) is 15.6 Å². The zero-order chi connectivity index (χ0) is 24.5. The first-order valence-corrected chi connectivity index (χ1v) is 12.4. The summed E-state index contributed by atoms with van der Waals surface area (Å²) in [5.74, 6) is 1.25. The van der Waals surface area contributed by atoms with Crippen molar-refractivity contribution in [3.8, 4) is 11.1 Å². The number of H-pyrrole nitrogens is 1. The monoisotopic (exact) mass is 524 g/mol. The Morgan fingerprint density at radius 2 is 1.79 bits per heavy atom. The van der Waals surface area contributed by atoms with Gasteiger partial charge in [-0.25, -0.2) is 4.98 Å². The number of thioether (sulfide) groups is 1. The number of aromatic nitrogens is 2. The van der Waals surface area contributed by atoms with E-state index in [9.17, 15) is 18.3 Å². The van der Waals surface area contributed by atoms with Crippen LogP contribution in [0.15, 0.2) is 59.5 Å². The zero-order valence-corrected chi connectivity index (χ0v) is 20.4. The molecule has 0 bridgehead atoms. The quantitative estimate of drug-likeness (QED) is 0.239. The second-order valence-electron chi connectivity index (χ2n) is 7.74. The van der Waals surface area contributed by atoms with Crippen molar-refractivity contribution in [1.29, 1.82) is 0 Å². The highest BCUT2D eigenvalue weighted by Gasteiger charge is 2.28. The van der Waals surface area contributed by atoms with E-state index in [-0.39, 0.29) is 16.5 Å². The average Bonchev–Trinajstić information content (AvgIpc) is 3.22. The number of imidazole rings is 1. The first kappa shape index (κ1) is 24.9. The van der Waals surface area contributed by atoms with E-state index in [0.29, 0.717) is 39.1 Å². The molecule has 1 heterocycles. The van der Waals surface area contributed by atoms with E-state index in [1.54, 1.807) is 42.1 Å². The smallest absolute Gasteiger partial charge is 0.380 e. The fourth-order valence-electron chi connectivity index (χ4n) is 3.81. The van der Waals surface area contributed by atoms with Crippen molar-refractivity contribution in [2.75, 3.05) is 5.75 Å². The van der Waals surface area contributed by atoms with Gasteiger partial charge >= 0.3 is 6.18 Å². The molecule has 3 nitrogen and oxygen atoms in total. The summed E-state index contributed by atoms with van der Waals surface area (Å²) in [6.07, 6.45) is -6.42. The molecule has 4 rings (SSSR count). The SMILES string of the molecule is CCSc1ccc(C(O)c2nc3c(Cl)c(-c4ccccc4CCC(F)(F)F)c(Cl)cc3[nH]2)cc1. The minimum atomic E-state index is -4.27. The molecule has 9 heteroatoms. The molecule has 1 aromatic heterocycles. The second-order valence-corrected chi connectivity index (χ2v) is 9.87. The summed E-state index contributed by atoms with van der Waals surface area (Å²) < 4.78 is 38.5. The highest BCUT2D eigenvalue weighted by atomic mass is 35.5. The molecule has 34 heavy (non-hydrogen) atoms. The fraction of sp³-hybridized carbons (Fsp3) is 0.240. The molecule has 1 atom stereocenters. The third-order valence-corrected chi connectivity index (χ3v) is 6.98. The Kier molecular flexibility index (Phi) is 7.48. The van der Waals surface area contributed by atoms with E-state index in [4.69, 9.17) is 23.2 Å². The van der Waals surface area contributed by atoms with E-state index in [2.05, 4.69) is 16.9 Å². The number of nitrogens with zero attached hydrogens (tertiary/aromatic N) is 1. The van der Waals surface area contributed by atoms with Gasteiger partial charge in [-0.15, -0.1) is 11.8 Å². The summed E-state index contributed by atoms with van der Waals surface area (Å²) in [5, 5.41) is 11.4. The van der Waals surface area contributed by atoms with Crippen LogP contribution in [-0.2, 0) is 6.42 Å². The van der Waals surface area contributed by atoms with Crippen molar-refractivity contribution >= 4 is 46.0 Å². The summed E-state index contributed by atoms with van der Waals surface area (Å²) in [7, 11) is 0. The molecule has 0 amide bonds. The van der Waals surface area contributed by atoms with Crippen molar-refractivity contribution in [2.45, 2.75) is 36.9 Å². The molecular formula is C25H21Cl2F3N2OS. The van der Waals surface area contributed by atoms with Gasteiger partial charge in [-0.2, -0.15) is 13.2 Å². The van der Waals surface area contributed by atoms with Crippen molar-refractivity contribution in [3.05, 3.63) is 81.6 Å². The van der Waals surface area contributed by atoms with E-state index < -0.39 is 18.7 Å². The average molecular weight is 525 g/mol. The van der Waals surface area contributed by atoms with Gasteiger partial charge < -0.3 is 10.1 Å². The van der Waals surface area contributed by atoms with Gasteiger partial charge in [0.15, 0.2) is 0 Å². The van der Waals surface area contributed by atoms with Crippen LogP contribution in [0.2, 0.25) is 10.0 Å². The molecule has 0 aliphatic heterocycles. The van der Waals surface area contributed by atoms with Crippen LogP contribution in [0.25, 0.3) is 22.2 Å². The molecule has 3 aromatic carbocycles. The van der Waals surface area contributed by atoms with E-state index in [1.807, 2.05) is 24.3 Å². The normalized spacial score (nSPS) is 12.9. The minimum absolute atomic E-state index is 0.193. The van der Waals surface area contributed by atoms with E-state index >= 15 is 0 Å². The minimum Gasteiger partial charge on any atom is -0.380 e. The lowest BCUT2D eigenvalue weighted by Crippen LogP contribution is -2.09. The van der Waals surface area contributed by atoms with E-state index in [0.717, 1.165) is 10.6 Å². The van der Waals surface area contributed by atoms with Crippen molar-refractivity contribution in [1.82, 2.24) is 9.97 Å². The number of nitrogens with one attached hydrogen (secondary N) is 1. The number of fused-ring (bicyclic) bond motifs is 1. The van der Waals surface area contributed by atoms with Crippen LogP contribution in [0.4, 0.5) is 13.2 Å². The van der Waals surface area contributed by atoms with Gasteiger partial charge in [0.1, 0.15) is 17.4 Å². The van der Waals surface area contributed by atoms with Gasteiger partial charge in [-0.3, -0.25) is 0 Å². The van der Waals surface area contributed by atoms with Crippen LogP contribution in [0.3, 0.4) is 0 Å². The Labute approximate surface area is 209 Å². The first-order chi connectivity index (χ1) is 16.2. The van der Waals surface area contributed by atoms with Crippen LogP contribution in [-0.4, -0.2) is 27.0 Å². The van der Waals surface area contributed by atoms with Gasteiger partial charge in [-0.05, 0) is 47.1 Å². The van der Waals surface area contributed by atoms with Gasteiger partial charge in [0.2, 0.25) is 0 Å². The Morgan fingerprint density at radius 3 is 2.47 bits per heavy atom. The number of alkyl halides is 3. The predicted molar refractivity (Wildman–Crippen MR) is 133 cm³/mol. The standard InChI is InChI=1S/C25H21Cl2F3N2OS/c1-2-34-16-9-7-15(8-10-16)23(33)24-31-19-13-18(26)20(21(27)22(19)32-24)17-6-4-3-5-14(17)11-12-25(28,29)30/h3-10,13,23,33H,2,11-12H2,1H3,(H,31,32). The van der Waals surface area contributed by atoms with Crippen LogP contribution in [0.1, 0.15) is 36.4 Å². The topological polar surface area (TPSA) is 48.9 Å². The Morgan fingerprint density at radius 1 is 1.09 bits per heavy atom. The highest BCUT2D eigenvalue weighted by Crippen LogP contribution is 2.42. The summed E-state index contributed by atoms with van der Waals surface area (Å²) in [4.78, 5) is 8.68. The zero-order valence-electron chi connectivity index (χ0n) is 18.1. The van der Waals surface area contributed by atoms with Crippen LogP contribution in [0.5, 0.6) is 0 Å². The van der Waals surface area contributed by atoms with Gasteiger partial charge in [0.25, 0.3) is 0 Å². The van der Waals surface area contributed by atoms with Gasteiger partial charge in [-0.1, -0.05) is 66.5 Å². The van der Waals surface area contributed by atoms with Crippen LogP contribution >= 0.6 is 35.0 Å². The number of rotatable bonds is 7. The van der Waals surface area contributed by atoms with Crippen LogP contribution in [0, 0.1) is 0 Å². The van der Waals surface area contributed by atoms with Crippen molar-refractivity contribution in [2.24, 2.45) is 0 Å². The Hall–Kier alpha value is -2.19. The first-order valence-electron chi connectivity index (χ1n) is 10.6. The van der Waals surface area contributed by atoms with Crippen molar-refractivity contribution < 1.29 is 18.3 Å². The number of benzene rings is 3. The lowest BCUT2D eigenvalue weighted by atomic mass is 9.96. The number of aliphatic hydroxyl groups excluding tert-OH is 1. The van der Waals surface area contributed by atoms with Crippen molar-refractivity contribution in [3.63, 3.8) is 0 Å². The third-order valence-electron chi connectivity index (χ3n) is 5.42. The molecule has 0 radical (unpaired) electrons. The molecule has 2 N–H and O–H groups in total. The summed E-state index contributed by atoms with van der Waals surface area (Å²) in [5.41, 5.74) is 3.01. The summed E-state index contributed by atoms with van der Waals surface area (Å²) in [6, 6.07) is 15.9. The predicted octanol–water partition coefficient (Wildman–Crippen LogP) is 8.23. The highest BCUT2D eigenvalue weighted by molar-refractivity contribution is 7.99. The second kappa shape index (κ2) is 10.2. The maximum absolute atomic E-state index is 12.8. The molecule has 0 saturated carbocycles. The Balaban J connectivity index is 1.72. The molecule has 0 spiro atoms. The molecule has 4 aromatic rings. The number of aromatic amines is 1. The molecule has 0 fully saturated rings. The number of aliphatic hydroxyl groups is 1. The maximum Gasteiger partial charge on any atom is 0.389 e. The Bertz CT molecular complexity index is 1310. The summed E-state index contributed by atoms with van der Waals surface area (Å²) >= 11 is 14.9. The molecule has 178 valence electrons. The molecule has 0 aliphatic carbocycles. The number of hydrogen-bond donors (Lipinski definition) is 2. The van der Waals surface area contributed by atoms with Crippen LogP contribution < -0.4 is 0 Å². The maximum atomic E-state index is 12.8. The number of halogens is 5. The molecule has 0 aliphatic rings. The summed E-state index contributed by atoms with van der Waals surface area (Å²) in [6.45, 7) is 2.07. The molecule has 0 saturated heterocycles. The fourth-order valence-corrected chi connectivity index (χ4v) is 5.17. The van der Waals surface area contributed by atoms with E-state index in [1.165, 1.54) is 0 Å². The third kappa shape index (κ3) is 5.38. The largest absolute Gasteiger partial charge is 0.389 e. The molecular weight excluding hydrogens is 504 g/mol. The van der Waals surface area contributed by atoms with Gasteiger partial charge in [0, 0.05) is 16.9 Å². The lowest BCUT2D eigenvalue weighted by molar-refractivity contribution is -0.133. The number of aryl methyl sites for hydroxylation is 1.